The van der Waals surface area contributed by atoms with Gasteiger partial charge in [0.2, 0.25) is 0 Å². The number of hydrogen-bond acceptors (Lipinski definition) is 0. The topological polar surface area (TPSA) is 0 Å². The molecule has 104 valence electrons. The van der Waals surface area contributed by atoms with Crippen LogP contribution >= 0.6 is 0 Å². The molecule has 4 rings (SSSR count). The third-order valence-corrected chi connectivity index (χ3v) is 3.99. The summed E-state index contributed by atoms with van der Waals surface area (Å²) >= 11 is 0. The van der Waals surface area contributed by atoms with Crippen molar-refractivity contribution in [2.75, 3.05) is 0 Å². The van der Waals surface area contributed by atoms with Gasteiger partial charge in [-0.2, -0.15) is 42.7 Å². The molecule has 0 radical (unpaired) electrons. The average molecular weight is 358 g/mol. The van der Waals surface area contributed by atoms with Crippen molar-refractivity contribution in [3.63, 3.8) is 0 Å². The van der Waals surface area contributed by atoms with Crippen LogP contribution in [0, 0.1) is 18.3 Å². The summed E-state index contributed by atoms with van der Waals surface area (Å²) in [4.78, 5) is 0. The molecule has 1 fully saturated rings. The Morgan fingerprint density at radius 1 is 1.00 bits per heavy atom. The Kier molecular flexibility index (Phi) is 6.36. The van der Waals surface area contributed by atoms with Gasteiger partial charge in [0.15, 0.2) is 0 Å². The molecular weight excluding hydrogens is 338 g/mol. The van der Waals surface area contributed by atoms with Gasteiger partial charge in [-0.1, -0.05) is 31.4 Å². The third kappa shape index (κ3) is 3.92. The van der Waals surface area contributed by atoms with E-state index in [1.165, 1.54) is 38.2 Å². The van der Waals surface area contributed by atoms with Crippen LogP contribution in [0.4, 0.5) is 4.39 Å². The molecule has 2 heteroatoms. The molecule has 0 aliphatic heterocycles. The maximum Gasteiger partial charge on any atom is 4.00 e. The molecule has 1 saturated carbocycles. The molecule has 2 aromatic carbocycles. The number of benzene rings is 2. The minimum Gasteiger partial charge on any atom is -0.328 e. The second-order valence-electron chi connectivity index (χ2n) is 5.44. The molecule has 0 atom stereocenters. The number of rotatable bonds is 0. The van der Waals surface area contributed by atoms with Gasteiger partial charge in [-0.15, -0.1) is 5.56 Å². The largest absolute Gasteiger partial charge is 4.00 e. The minimum atomic E-state index is -0.124. The molecule has 2 aliphatic carbocycles. The summed E-state index contributed by atoms with van der Waals surface area (Å²) in [6.07, 6.45) is 10.3. The number of halogens is 1. The summed E-state index contributed by atoms with van der Waals surface area (Å²) in [5.74, 6) is -0.124. The number of hydrogen-bond donors (Lipinski definition) is 0. The molecule has 2 aromatic rings. The first-order valence-corrected chi connectivity index (χ1v) is 7.45. The van der Waals surface area contributed by atoms with Crippen LogP contribution in [0.25, 0.3) is 11.1 Å². The normalized spacial score (nSPS) is 15.1. The van der Waals surface area contributed by atoms with Crippen LogP contribution in [-0.2, 0) is 32.6 Å². The third-order valence-electron chi connectivity index (χ3n) is 3.99. The van der Waals surface area contributed by atoms with Gasteiger partial charge < -0.3 is 6.42 Å². The van der Waals surface area contributed by atoms with Crippen molar-refractivity contribution in [3.8, 4) is 11.1 Å². The standard InChI is InChI=1S/C13H8F.C6H11.Zr/c14-12-7-3-5-10-8-9-4-1-2-6-11(9)13(10)12;1-2-4-6-5-3-1;/h1-3,5-7H,8H2;1H,2-6H2;/q2*-1;+4. The van der Waals surface area contributed by atoms with Gasteiger partial charge in [-0.25, -0.2) is 4.39 Å². The van der Waals surface area contributed by atoms with E-state index in [0.29, 0.717) is 0 Å². The number of fused-ring (bicyclic) bond motifs is 3. The molecular formula is C19H19FZr+2. The Morgan fingerprint density at radius 3 is 2.48 bits per heavy atom. The van der Waals surface area contributed by atoms with Crippen LogP contribution < -0.4 is 0 Å². The molecule has 0 amide bonds. The molecule has 0 bridgehead atoms. The first-order valence-electron chi connectivity index (χ1n) is 7.45. The van der Waals surface area contributed by atoms with Crippen molar-refractivity contribution in [1.29, 1.82) is 0 Å². The summed E-state index contributed by atoms with van der Waals surface area (Å²) in [6.45, 7) is 0. The van der Waals surface area contributed by atoms with Crippen LogP contribution in [0.2, 0.25) is 0 Å². The van der Waals surface area contributed by atoms with Crippen molar-refractivity contribution < 1.29 is 30.6 Å². The van der Waals surface area contributed by atoms with E-state index in [1.54, 1.807) is 6.07 Å². The Morgan fingerprint density at radius 2 is 1.81 bits per heavy atom. The van der Waals surface area contributed by atoms with Gasteiger partial charge >= 0.3 is 26.2 Å². The van der Waals surface area contributed by atoms with E-state index in [9.17, 15) is 4.39 Å². The van der Waals surface area contributed by atoms with E-state index in [0.717, 1.165) is 28.7 Å². The van der Waals surface area contributed by atoms with Crippen molar-refractivity contribution in [1.82, 2.24) is 0 Å². The molecule has 2 aliphatic rings. The van der Waals surface area contributed by atoms with E-state index in [4.69, 9.17) is 0 Å². The predicted molar refractivity (Wildman–Crippen MR) is 80.9 cm³/mol. The summed E-state index contributed by atoms with van der Waals surface area (Å²) in [5, 5.41) is 0. The molecule has 21 heavy (non-hydrogen) atoms. The van der Waals surface area contributed by atoms with Crippen molar-refractivity contribution in [3.05, 3.63) is 65.8 Å². The van der Waals surface area contributed by atoms with E-state index in [2.05, 4.69) is 12.5 Å². The quantitative estimate of drug-likeness (QED) is 0.476. The molecule has 0 aromatic heterocycles. The summed E-state index contributed by atoms with van der Waals surface area (Å²) < 4.78 is 13.6. The minimum absolute atomic E-state index is 0. The zero-order chi connectivity index (χ0) is 13.8. The first kappa shape index (κ1) is 16.6. The maximum absolute atomic E-state index is 13.6. The Hall–Kier alpha value is -0.747. The monoisotopic (exact) mass is 356 g/mol. The Balaban J connectivity index is 0.000000197. The zero-order valence-electron chi connectivity index (χ0n) is 12.2. The molecule has 0 unspecified atom stereocenters. The van der Waals surface area contributed by atoms with Gasteiger partial charge in [0, 0.05) is 0 Å². The average Bonchev–Trinajstić information content (AvgIpc) is 2.89. The van der Waals surface area contributed by atoms with E-state index in [1.807, 2.05) is 24.3 Å². The fourth-order valence-corrected chi connectivity index (χ4v) is 2.96. The second kappa shape index (κ2) is 8.04. The van der Waals surface area contributed by atoms with Crippen LogP contribution in [0.1, 0.15) is 43.2 Å². The summed E-state index contributed by atoms with van der Waals surface area (Å²) in [5.41, 5.74) is 3.94. The van der Waals surface area contributed by atoms with Gasteiger partial charge in [0.1, 0.15) is 5.82 Å². The Bertz CT molecular complexity index is 576. The van der Waals surface area contributed by atoms with Gasteiger partial charge in [0.05, 0.1) is 0 Å². The van der Waals surface area contributed by atoms with Gasteiger partial charge in [-0.3, -0.25) is 0 Å². The van der Waals surface area contributed by atoms with Crippen LogP contribution in [-0.4, -0.2) is 0 Å². The second-order valence-corrected chi connectivity index (χ2v) is 5.44. The fourth-order valence-electron chi connectivity index (χ4n) is 2.96. The molecule has 0 saturated heterocycles. The predicted octanol–water partition coefficient (Wildman–Crippen LogP) is 5.35. The van der Waals surface area contributed by atoms with Crippen molar-refractivity contribution >= 4 is 0 Å². The van der Waals surface area contributed by atoms with E-state index in [-0.39, 0.29) is 32.0 Å². The van der Waals surface area contributed by atoms with E-state index >= 15 is 0 Å². The first-order chi connectivity index (χ1) is 9.86. The van der Waals surface area contributed by atoms with E-state index < -0.39 is 0 Å². The van der Waals surface area contributed by atoms with Gasteiger partial charge in [-0.05, 0) is 23.6 Å². The molecule has 0 N–H and O–H groups in total. The molecule has 0 nitrogen and oxygen atoms in total. The van der Waals surface area contributed by atoms with Gasteiger partial charge in [0.25, 0.3) is 0 Å². The SMILES string of the molecule is Fc1cccc2c1-c1ccc[c-]c1C2.[CH-]1CCCCC1.[Zr+4]. The maximum atomic E-state index is 13.6. The smallest absolute Gasteiger partial charge is 0.328 e. The molecule has 0 heterocycles. The van der Waals surface area contributed by atoms with Crippen molar-refractivity contribution in [2.24, 2.45) is 0 Å². The van der Waals surface area contributed by atoms with Crippen molar-refractivity contribution in [2.45, 2.75) is 38.5 Å². The Labute approximate surface area is 145 Å². The summed E-state index contributed by atoms with van der Waals surface area (Å²) in [7, 11) is 0. The summed E-state index contributed by atoms with van der Waals surface area (Å²) in [6, 6.07) is 14.2. The van der Waals surface area contributed by atoms with Crippen LogP contribution in [0.3, 0.4) is 0 Å². The van der Waals surface area contributed by atoms with Crippen LogP contribution in [0.5, 0.6) is 0 Å². The zero-order valence-corrected chi connectivity index (χ0v) is 14.6. The molecule has 0 spiro atoms. The van der Waals surface area contributed by atoms with Crippen LogP contribution in [0.15, 0.2) is 36.4 Å². The fraction of sp³-hybridized carbons (Fsp3) is 0.316.